The highest BCUT2D eigenvalue weighted by Gasteiger charge is 2.24. The smallest absolute Gasteiger partial charge is 0.243 e. The number of sulfonamides is 1. The molecule has 0 aromatic heterocycles. The summed E-state index contributed by atoms with van der Waals surface area (Å²) < 4.78 is 26.4. The van der Waals surface area contributed by atoms with E-state index in [1.807, 2.05) is 13.2 Å². The minimum Gasteiger partial charge on any atom is -0.384 e. The van der Waals surface area contributed by atoms with Crippen molar-refractivity contribution in [2.45, 2.75) is 24.3 Å². The summed E-state index contributed by atoms with van der Waals surface area (Å²) in [5, 5.41) is 8.64. The Balaban J connectivity index is 2.91. The molecule has 1 atom stereocenters. The molecule has 1 N–H and O–H groups in total. The fraction of sp³-hybridized carbons (Fsp3) is 0.467. The molecular weight excluding hydrogens is 306 g/mol. The fourth-order valence-electron chi connectivity index (χ4n) is 1.73. The van der Waals surface area contributed by atoms with Crippen LogP contribution < -0.4 is 0 Å². The lowest BCUT2D eigenvalue weighted by Gasteiger charge is -2.24. The van der Waals surface area contributed by atoms with Gasteiger partial charge in [-0.15, -0.1) is 0 Å². The zero-order valence-corrected chi connectivity index (χ0v) is 14.2. The van der Waals surface area contributed by atoms with Gasteiger partial charge in [-0.25, -0.2) is 8.42 Å². The van der Waals surface area contributed by atoms with Crippen LogP contribution in [0, 0.1) is 11.8 Å². The van der Waals surface area contributed by atoms with Crippen LogP contribution in [0.2, 0.25) is 0 Å². The number of thioether (sulfide) groups is 1. The topological polar surface area (TPSA) is 57.6 Å². The second-order valence-corrected chi connectivity index (χ2v) is 7.62. The van der Waals surface area contributed by atoms with Crippen LogP contribution in [0.1, 0.15) is 18.9 Å². The van der Waals surface area contributed by atoms with Crippen molar-refractivity contribution in [3.63, 3.8) is 0 Å². The first-order chi connectivity index (χ1) is 9.93. The summed E-state index contributed by atoms with van der Waals surface area (Å²) in [6.07, 6.45) is 2.82. The minimum absolute atomic E-state index is 0.0451. The standard InChI is InChI=1S/C15H21NO3S2/c1-13(10-12-20-3)16(2)21(18,19)15-8-6-14(7-9-15)5-4-11-17/h6-9,13,17H,10-12H2,1-3H3. The minimum atomic E-state index is -3.48. The molecule has 0 saturated carbocycles. The highest BCUT2D eigenvalue weighted by atomic mass is 32.2. The third kappa shape index (κ3) is 5.04. The van der Waals surface area contributed by atoms with Gasteiger partial charge in [-0.1, -0.05) is 11.8 Å². The highest BCUT2D eigenvalue weighted by Crippen LogP contribution is 2.19. The van der Waals surface area contributed by atoms with Gasteiger partial charge < -0.3 is 5.11 Å². The zero-order valence-electron chi connectivity index (χ0n) is 12.5. The molecule has 0 aliphatic heterocycles. The van der Waals surface area contributed by atoms with Crippen molar-refractivity contribution >= 4 is 21.8 Å². The van der Waals surface area contributed by atoms with Crippen LogP contribution in [-0.4, -0.2) is 49.5 Å². The van der Waals surface area contributed by atoms with E-state index in [9.17, 15) is 8.42 Å². The second-order valence-electron chi connectivity index (χ2n) is 4.64. The van der Waals surface area contributed by atoms with Crippen LogP contribution >= 0.6 is 11.8 Å². The van der Waals surface area contributed by atoms with E-state index in [1.165, 1.54) is 4.31 Å². The molecule has 0 amide bonds. The van der Waals surface area contributed by atoms with E-state index < -0.39 is 10.0 Å². The average molecular weight is 327 g/mol. The number of hydrogen-bond acceptors (Lipinski definition) is 4. The van der Waals surface area contributed by atoms with E-state index in [4.69, 9.17) is 5.11 Å². The Bertz CT molecular complexity index is 600. The number of hydrogen-bond donors (Lipinski definition) is 1. The number of aliphatic hydroxyl groups is 1. The number of nitrogens with zero attached hydrogens (tertiary/aromatic N) is 1. The van der Waals surface area contributed by atoms with Crippen molar-refractivity contribution in [2.24, 2.45) is 0 Å². The molecule has 1 aromatic carbocycles. The molecule has 6 heteroatoms. The van der Waals surface area contributed by atoms with Crippen LogP contribution in [0.3, 0.4) is 0 Å². The van der Waals surface area contributed by atoms with Gasteiger partial charge in [0.2, 0.25) is 10.0 Å². The third-order valence-electron chi connectivity index (χ3n) is 3.20. The number of benzene rings is 1. The molecule has 4 nitrogen and oxygen atoms in total. The largest absolute Gasteiger partial charge is 0.384 e. The highest BCUT2D eigenvalue weighted by molar-refractivity contribution is 7.98. The first-order valence-corrected chi connectivity index (χ1v) is 9.43. The lowest BCUT2D eigenvalue weighted by molar-refractivity contribution is 0.350. The molecule has 21 heavy (non-hydrogen) atoms. The van der Waals surface area contributed by atoms with E-state index in [0.717, 1.165) is 12.2 Å². The van der Waals surface area contributed by atoms with Gasteiger partial charge in [-0.05, 0) is 49.6 Å². The van der Waals surface area contributed by atoms with E-state index in [2.05, 4.69) is 11.8 Å². The van der Waals surface area contributed by atoms with Crippen LogP contribution in [0.15, 0.2) is 29.2 Å². The average Bonchev–Trinajstić information content (AvgIpc) is 2.50. The van der Waals surface area contributed by atoms with E-state index in [-0.39, 0.29) is 17.5 Å². The summed E-state index contributed by atoms with van der Waals surface area (Å²) in [5.41, 5.74) is 0.682. The molecule has 1 unspecified atom stereocenters. The summed E-state index contributed by atoms with van der Waals surface area (Å²) in [6.45, 7) is 1.70. The van der Waals surface area contributed by atoms with E-state index in [0.29, 0.717) is 5.56 Å². The molecule has 1 aromatic rings. The maximum absolute atomic E-state index is 12.5. The Labute approximate surface area is 131 Å². The Kier molecular flexibility index (Phi) is 7.26. The summed E-state index contributed by atoms with van der Waals surface area (Å²) in [4.78, 5) is 0.260. The van der Waals surface area contributed by atoms with Crippen LogP contribution in [0.25, 0.3) is 0 Å². The Hall–Kier alpha value is -1.00. The van der Waals surface area contributed by atoms with Crippen LogP contribution in [0.4, 0.5) is 0 Å². The molecule has 116 valence electrons. The first-order valence-electron chi connectivity index (χ1n) is 6.60. The molecule has 0 bridgehead atoms. The monoisotopic (exact) mass is 327 g/mol. The lowest BCUT2D eigenvalue weighted by Crippen LogP contribution is -2.35. The molecule has 0 aliphatic rings. The van der Waals surface area contributed by atoms with Gasteiger partial charge in [0.1, 0.15) is 6.61 Å². The summed E-state index contributed by atoms with van der Waals surface area (Å²) in [5.74, 6) is 6.20. The summed E-state index contributed by atoms with van der Waals surface area (Å²) in [7, 11) is -1.87. The van der Waals surface area contributed by atoms with Gasteiger partial charge in [0.15, 0.2) is 0 Å². The fourth-order valence-corrected chi connectivity index (χ4v) is 3.69. The predicted molar refractivity (Wildman–Crippen MR) is 87.8 cm³/mol. The normalized spacial score (nSPS) is 12.8. The molecule has 0 radical (unpaired) electrons. The molecule has 1 rings (SSSR count). The number of rotatable bonds is 6. The van der Waals surface area contributed by atoms with E-state index >= 15 is 0 Å². The van der Waals surface area contributed by atoms with Crippen molar-refractivity contribution in [3.8, 4) is 11.8 Å². The zero-order chi connectivity index (χ0) is 15.9. The summed E-state index contributed by atoms with van der Waals surface area (Å²) >= 11 is 1.71. The first kappa shape index (κ1) is 18.1. The van der Waals surface area contributed by atoms with Gasteiger partial charge in [-0.2, -0.15) is 16.1 Å². The Morgan fingerprint density at radius 3 is 2.48 bits per heavy atom. The van der Waals surface area contributed by atoms with Crippen molar-refractivity contribution in [1.29, 1.82) is 0 Å². The number of aliphatic hydroxyl groups excluding tert-OH is 1. The maximum atomic E-state index is 12.5. The van der Waals surface area contributed by atoms with Crippen LogP contribution in [0.5, 0.6) is 0 Å². The molecule has 0 spiro atoms. The third-order valence-corrected chi connectivity index (χ3v) is 5.83. The Morgan fingerprint density at radius 2 is 1.95 bits per heavy atom. The van der Waals surface area contributed by atoms with Gasteiger partial charge in [0.25, 0.3) is 0 Å². The van der Waals surface area contributed by atoms with Crippen molar-refractivity contribution in [1.82, 2.24) is 4.31 Å². The lowest BCUT2D eigenvalue weighted by atomic mass is 10.2. The van der Waals surface area contributed by atoms with E-state index in [1.54, 1.807) is 43.1 Å². The van der Waals surface area contributed by atoms with Gasteiger partial charge >= 0.3 is 0 Å². The molecule has 0 aliphatic carbocycles. The maximum Gasteiger partial charge on any atom is 0.243 e. The van der Waals surface area contributed by atoms with Gasteiger partial charge in [0, 0.05) is 18.7 Å². The summed E-state index contributed by atoms with van der Waals surface area (Å²) in [6, 6.07) is 6.35. The predicted octanol–water partition coefficient (Wildman–Crippen LogP) is 1.79. The second kappa shape index (κ2) is 8.44. The SMILES string of the molecule is CSCCC(C)N(C)S(=O)(=O)c1ccc(C#CCO)cc1. The molecule has 0 heterocycles. The van der Waals surface area contributed by atoms with Crippen molar-refractivity contribution < 1.29 is 13.5 Å². The molecule has 0 saturated heterocycles. The van der Waals surface area contributed by atoms with Crippen molar-refractivity contribution in [3.05, 3.63) is 29.8 Å². The quantitative estimate of drug-likeness (QED) is 0.810. The molecular formula is C15H21NO3S2. The van der Waals surface area contributed by atoms with Crippen LogP contribution in [-0.2, 0) is 10.0 Å². The van der Waals surface area contributed by atoms with Gasteiger partial charge in [-0.3, -0.25) is 0 Å². The van der Waals surface area contributed by atoms with Gasteiger partial charge in [0.05, 0.1) is 4.90 Å². The Morgan fingerprint density at radius 1 is 1.33 bits per heavy atom. The molecule has 0 fully saturated rings. The van der Waals surface area contributed by atoms with Crippen molar-refractivity contribution in [2.75, 3.05) is 25.7 Å².